The molecule has 17 heavy (non-hydrogen) atoms. The van der Waals surface area contributed by atoms with Crippen molar-refractivity contribution in [3.05, 3.63) is 30.3 Å². The summed E-state index contributed by atoms with van der Waals surface area (Å²) in [6.07, 6.45) is 2.60. The van der Waals surface area contributed by atoms with Crippen LogP contribution in [0.3, 0.4) is 0 Å². The average molecular weight is 311 g/mol. The predicted molar refractivity (Wildman–Crippen MR) is 74.2 cm³/mol. The van der Waals surface area contributed by atoms with Gasteiger partial charge in [0.1, 0.15) is 0 Å². The molecule has 1 saturated heterocycles. The Kier molecular flexibility index (Phi) is 10.6. The van der Waals surface area contributed by atoms with Crippen LogP contribution < -0.4 is 9.18 Å². The van der Waals surface area contributed by atoms with E-state index < -0.39 is 0 Å². The first-order chi connectivity index (χ1) is 7.45. The van der Waals surface area contributed by atoms with Gasteiger partial charge in [-0.1, -0.05) is 0 Å². The van der Waals surface area contributed by atoms with E-state index in [1.54, 1.807) is 3.87 Å². The monoisotopic (exact) mass is 310 g/mol. The van der Waals surface area contributed by atoms with Crippen LogP contribution in [0.1, 0.15) is 12.8 Å². The van der Waals surface area contributed by atoms with Gasteiger partial charge in [-0.05, 0) is 0 Å². The Balaban J connectivity index is 0.00000128. The molecule has 0 unspecified atom stereocenters. The van der Waals surface area contributed by atoms with E-state index in [-0.39, 0.29) is 44.2 Å². The van der Waals surface area contributed by atoms with Crippen LogP contribution in [0, 0.1) is 0 Å². The van der Waals surface area contributed by atoms with Gasteiger partial charge in [0.05, 0.1) is 0 Å². The quantitative estimate of drug-likeness (QED) is 0.839. The van der Waals surface area contributed by atoms with Gasteiger partial charge < -0.3 is 0 Å². The zero-order chi connectivity index (χ0) is 10.3. The number of nitrogens with one attached hydrogen (secondary N) is 1. The van der Waals surface area contributed by atoms with Crippen LogP contribution in [0.25, 0.3) is 0 Å². The Bertz CT molecular complexity index is 277. The fourth-order valence-corrected chi connectivity index (χ4v) is 3.78. The Morgan fingerprint density at radius 3 is 2.12 bits per heavy atom. The Morgan fingerprint density at radius 1 is 0.941 bits per heavy atom. The van der Waals surface area contributed by atoms with E-state index in [9.17, 15) is 0 Å². The minimum absolute atomic E-state index is 0. The number of hydrogen-bond donors (Lipinski definition) is 1. The van der Waals surface area contributed by atoms with E-state index >= 15 is 0 Å². The normalized spacial score (nSPS) is 16.9. The van der Waals surface area contributed by atoms with E-state index in [4.69, 9.17) is 0 Å². The van der Waals surface area contributed by atoms with Crippen LogP contribution in [0.15, 0.2) is 30.3 Å². The van der Waals surface area contributed by atoms with Gasteiger partial charge in [0.25, 0.3) is 0 Å². The van der Waals surface area contributed by atoms with Gasteiger partial charge in [-0.2, -0.15) is 0 Å². The van der Waals surface area contributed by atoms with Crippen LogP contribution in [0.4, 0.5) is 0 Å². The summed E-state index contributed by atoms with van der Waals surface area (Å²) >= 11 is -0.0592. The number of rotatable bonds is 2. The second-order valence-electron chi connectivity index (χ2n) is 3.92. The van der Waals surface area contributed by atoms with Crippen molar-refractivity contribution >= 4 is 28.7 Å². The Hall–Kier alpha value is 0.434. The number of benzene rings is 1. The van der Waals surface area contributed by atoms with Crippen molar-refractivity contribution in [2.24, 2.45) is 0 Å². The summed E-state index contributed by atoms with van der Waals surface area (Å²) in [5.41, 5.74) is 0. The van der Waals surface area contributed by atoms with Gasteiger partial charge in [-0.25, -0.2) is 0 Å². The molecular weight excluding hydrogens is 291 g/mol. The molecule has 0 amide bonds. The summed E-state index contributed by atoms with van der Waals surface area (Å²) in [6, 6.07) is 11.0. The summed E-state index contributed by atoms with van der Waals surface area (Å²) in [4.78, 5) is 0. The molecule has 0 spiro atoms. The Morgan fingerprint density at radius 2 is 1.53 bits per heavy atom. The van der Waals surface area contributed by atoms with Crippen LogP contribution in [-0.2, 0) is 19.4 Å². The standard InChI is InChI=1S/C6H13N2.C6H5.2ClH.Ti/c1-3-7-5-2-6-8-4-1;1-2-4-6-5-3-1;;;/h7H,1-6H2;1-5H;2*1H;/q-1;;;;+1. The third-order valence-corrected chi connectivity index (χ3v) is 4.74. The molecule has 1 fully saturated rings. The molecule has 2 nitrogen and oxygen atoms in total. The molecule has 1 aliphatic heterocycles. The summed E-state index contributed by atoms with van der Waals surface area (Å²) in [6.45, 7) is 4.94. The first kappa shape index (κ1) is 17.4. The van der Waals surface area contributed by atoms with Crippen molar-refractivity contribution in [3.8, 4) is 0 Å². The third-order valence-electron chi connectivity index (χ3n) is 2.62. The third kappa shape index (κ3) is 6.80. The number of nitrogens with zero attached hydrogens (tertiary/aromatic N) is 1. The minimum atomic E-state index is -0.0592. The van der Waals surface area contributed by atoms with Gasteiger partial charge in [0.2, 0.25) is 0 Å². The van der Waals surface area contributed by atoms with Gasteiger partial charge in [-0.3, -0.25) is 0 Å². The molecule has 1 aliphatic rings. The van der Waals surface area contributed by atoms with Crippen LogP contribution in [0.2, 0.25) is 0 Å². The first-order valence-electron chi connectivity index (χ1n) is 5.72. The molecule has 5 heteroatoms. The zero-order valence-corrected chi connectivity index (χ0v) is 13.1. The van der Waals surface area contributed by atoms with Crippen LogP contribution in [0.5, 0.6) is 0 Å². The van der Waals surface area contributed by atoms with Crippen molar-refractivity contribution in [2.45, 2.75) is 12.8 Å². The van der Waals surface area contributed by atoms with Crippen LogP contribution >= 0.6 is 24.8 Å². The van der Waals surface area contributed by atoms with E-state index in [1.165, 1.54) is 39.0 Å². The molecule has 1 heterocycles. The molecule has 0 radical (unpaired) electrons. The SMILES string of the molecule is Cl.Cl.c1cc[c]([Ti][N]2CCCNCCC2)cc1. The zero-order valence-electron chi connectivity index (χ0n) is 9.89. The van der Waals surface area contributed by atoms with E-state index in [2.05, 4.69) is 39.0 Å². The summed E-state index contributed by atoms with van der Waals surface area (Å²) in [7, 11) is 0. The second-order valence-corrected chi connectivity index (χ2v) is 6.16. The molecule has 2 rings (SSSR count). The van der Waals surface area contributed by atoms with Crippen molar-refractivity contribution in [1.82, 2.24) is 8.70 Å². The first-order valence-corrected chi connectivity index (χ1v) is 7.20. The predicted octanol–water partition coefficient (Wildman–Crippen LogP) is 1.84. The van der Waals surface area contributed by atoms with Gasteiger partial charge in [-0.15, -0.1) is 24.8 Å². The maximum absolute atomic E-state index is 3.46. The molecule has 1 N–H and O–H groups in total. The average Bonchev–Trinajstić information content (AvgIpc) is 2.23. The van der Waals surface area contributed by atoms with Gasteiger partial charge in [0.15, 0.2) is 0 Å². The molecule has 1 aromatic rings. The van der Waals surface area contributed by atoms with Crippen molar-refractivity contribution in [2.75, 3.05) is 26.2 Å². The van der Waals surface area contributed by atoms with E-state index in [1.807, 2.05) is 0 Å². The topological polar surface area (TPSA) is 15.3 Å². The molecule has 0 aromatic heterocycles. The fraction of sp³-hybridized carbons (Fsp3) is 0.500. The summed E-state index contributed by atoms with van der Waals surface area (Å²) in [5.74, 6) is 0. The van der Waals surface area contributed by atoms with E-state index in [0.29, 0.717) is 0 Å². The molecule has 96 valence electrons. The van der Waals surface area contributed by atoms with Crippen molar-refractivity contribution < 1.29 is 19.4 Å². The summed E-state index contributed by atoms with van der Waals surface area (Å²) in [5, 5.41) is 3.46. The Labute approximate surface area is 126 Å². The molecule has 0 atom stereocenters. The second kappa shape index (κ2) is 10.4. The molecule has 1 aromatic carbocycles. The summed E-state index contributed by atoms with van der Waals surface area (Å²) < 4.78 is 4.25. The molecule has 0 bridgehead atoms. The van der Waals surface area contributed by atoms with Gasteiger partial charge >= 0.3 is 101 Å². The van der Waals surface area contributed by atoms with E-state index in [0.717, 1.165) is 0 Å². The molecule has 0 saturated carbocycles. The molecule has 0 aliphatic carbocycles. The van der Waals surface area contributed by atoms with Gasteiger partial charge in [0, 0.05) is 0 Å². The number of hydrogen-bond acceptors (Lipinski definition) is 2. The van der Waals surface area contributed by atoms with Crippen molar-refractivity contribution in [1.29, 1.82) is 0 Å². The number of halogens is 2. The molecular formula is C12H20Cl2N2Ti. The van der Waals surface area contributed by atoms with Crippen molar-refractivity contribution in [3.63, 3.8) is 0 Å². The van der Waals surface area contributed by atoms with Crippen LogP contribution in [-0.4, -0.2) is 29.6 Å². The fourth-order valence-electron chi connectivity index (χ4n) is 1.83. The maximum atomic E-state index is 3.46.